The van der Waals surface area contributed by atoms with Crippen molar-refractivity contribution >= 4 is 41.3 Å². The number of amides is 1. The first kappa shape index (κ1) is 21.8. The number of morpholine rings is 1. The van der Waals surface area contributed by atoms with Gasteiger partial charge in [0.05, 0.1) is 31.2 Å². The Kier molecular flexibility index (Phi) is 6.75. The second-order valence-electron chi connectivity index (χ2n) is 7.28. The lowest BCUT2D eigenvalue weighted by molar-refractivity contribution is -0.123. The van der Waals surface area contributed by atoms with Gasteiger partial charge in [0.2, 0.25) is 5.91 Å². The van der Waals surface area contributed by atoms with E-state index in [0.29, 0.717) is 31.0 Å². The Morgan fingerprint density at radius 1 is 1.17 bits per heavy atom. The fraction of sp³-hybridized carbons (Fsp3) is 0.429. The zero-order valence-electron chi connectivity index (χ0n) is 16.9. The van der Waals surface area contributed by atoms with Gasteiger partial charge in [0.1, 0.15) is 17.1 Å². The summed E-state index contributed by atoms with van der Waals surface area (Å²) in [5.41, 5.74) is 0.895. The molecule has 1 atom stereocenters. The second kappa shape index (κ2) is 9.28. The maximum atomic E-state index is 12.8. The van der Waals surface area contributed by atoms with Crippen LogP contribution in [-0.4, -0.2) is 48.7 Å². The third kappa shape index (κ3) is 4.18. The molecule has 158 valence electrons. The molecule has 0 aromatic carbocycles. The summed E-state index contributed by atoms with van der Waals surface area (Å²) in [6, 6.07) is 9.77. The molecule has 0 radical (unpaired) electrons. The lowest BCUT2D eigenvalue weighted by Crippen LogP contribution is -2.36. The number of rotatable bonds is 5. The van der Waals surface area contributed by atoms with Gasteiger partial charge in [-0.2, -0.15) is 5.26 Å². The molecule has 1 unspecified atom stereocenters. The highest BCUT2D eigenvalue weighted by atomic mass is 35.5. The lowest BCUT2D eigenvalue weighted by Gasteiger charge is -2.28. The molecule has 2 aliphatic rings. The standard InChI is InChI=1S/C21H24N6O2.ClH/c1-2-21(15-22)6-8-27(20(21)28)16-5-7-23-19(13-16)25-18-4-3-17(14-24-18)26-9-11-29-12-10-26;/h3-5,7,13-14H,2,6,8-12H2,1H3,(H,23,24,25);1H. The number of carbonyl (C=O) groups excluding carboxylic acids is 1. The molecule has 0 aliphatic carbocycles. The van der Waals surface area contributed by atoms with Crippen molar-refractivity contribution in [1.29, 1.82) is 5.26 Å². The minimum Gasteiger partial charge on any atom is -0.378 e. The van der Waals surface area contributed by atoms with Gasteiger partial charge in [-0.1, -0.05) is 6.92 Å². The molecule has 2 saturated heterocycles. The Hall–Kier alpha value is -2.89. The quantitative estimate of drug-likeness (QED) is 0.781. The van der Waals surface area contributed by atoms with Crippen LogP contribution >= 0.6 is 12.4 Å². The van der Waals surface area contributed by atoms with Gasteiger partial charge in [-0.25, -0.2) is 9.97 Å². The summed E-state index contributed by atoms with van der Waals surface area (Å²) in [5, 5.41) is 12.7. The summed E-state index contributed by atoms with van der Waals surface area (Å²) in [5.74, 6) is 1.15. The van der Waals surface area contributed by atoms with Gasteiger partial charge >= 0.3 is 0 Å². The number of anilines is 4. The zero-order chi connectivity index (χ0) is 20.3. The van der Waals surface area contributed by atoms with Gasteiger partial charge < -0.3 is 19.9 Å². The monoisotopic (exact) mass is 428 g/mol. The van der Waals surface area contributed by atoms with Crippen molar-refractivity contribution in [3.8, 4) is 6.07 Å². The van der Waals surface area contributed by atoms with E-state index in [0.717, 1.165) is 37.7 Å². The van der Waals surface area contributed by atoms with Gasteiger partial charge in [0, 0.05) is 37.6 Å². The van der Waals surface area contributed by atoms with Crippen LogP contribution < -0.4 is 15.1 Å². The van der Waals surface area contributed by atoms with E-state index < -0.39 is 5.41 Å². The van der Waals surface area contributed by atoms with Crippen LogP contribution in [0.3, 0.4) is 0 Å². The van der Waals surface area contributed by atoms with E-state index in [1.165, 1.54) is 0 Å². The number of aromatic nitrogens is 2. The smallest absolute Gasteiger partial charge is 0.247 e. The van der Waals surface area contributed by atoms with E-state index in [1.807, 2.05) is 31.3 Å². The Morgan fingerprint density at radius 3 is 2.60 bits per heavy atom. The zero-order valence-corrected chi connectivity index (χ0v) is 17.7. The first-order valence-corrected chi connectivity index (χ1v) is 9.90. The lowest BCUT2D eigenvalue weighted by atomic mass is 9.85. The van der Waals surface area contributed by atoms with Crippen molar-refractivity contribution in [3.05, 3.63) is 36.7 Å². The van der Waals surface area contributed by atoms with E-state index >= 15 is 0 Å². The largest absolute Gasteiger partial charge is 0.378 e. The average molecular weight is 429 g/mol. The number of ether oxygens (including phenoxy) is 1. The van der Waals surface area contributed by atoms with Crippen molar-refractivity contribution < 1.29 is 9.53 Å². The minimum absolute atomic E-state index is 0. The molecule has 1 amide bonds. The van der Waals surface area contributed by atoms with Gasteiger partial charge in [-0.15, -0.1) is 12.4 Å². The molecule has 30 heavy (non-hydrogen) atoms. The summed E-state index contributed by atoms with van der Waals surface area (Å²) >= 11 is 0. The maximum Gasteiger partial charge on any atom is 0.247 e. The van der Waals surface area contributed by atoms with E-state index in [4.69, 9.17) is 4.74 Å². The van der Waals surface area contributed by atoms with E-state index in [-0.39, 0.29) is 18.3 Å². The molecule has 4 heterocycles. The highest BCUT2D eigenvalue weighted by Gasteiger charge is 2.46. The molecule has 2 aliphatic heterocycles. The highest BCUT2D eigenvalue weighted by molar-refractivity contribution is 6.01. The molecule has 2 aromatic heterocycles. The van der Waals surface area contributed by atoms with Gasteiger partial charge in [-0.3, -0.25) is 4.79 Å². The molecule has 0 spiro atoms. The van der Waals surface area contributed by atoms with Crippen molar-refractivity contribution in [2.75, 3.05) is 48.0 Å². The van der Waals surface area contributed by atoms with E-state index in [9.17, 15) is 10.1 Å². The molecule has 9 heteroatoms. The van der Waals surface area contributed by atoms with Crippen molar-refractivity contribution in [2.45, 2.75) is 19.8 Å². The van der Waals surface area contributed by atoms with E-state index in [2.05, 4.69) is 26.3 Å². The first-order chi connectivity index (χ1) is 14.1. The number of carbonyl (C=O) groups is 1. The number of nitrogens with zero attached hydrogens (tertiary/aromatic N) is 5. The van der Waals surface area contributed by atoms with Crippen LogP contribution in [-0.2, 0) is 9.53 Å². The molecule has 2 aromatic rings. The van der Waals surface area contributed by atoms with Crippen LogP contribution in [0.15, 0.2) is 36.7 Å². The summed E-state index contributed by atoms with van der Waals surface area (Å²) in [7, 11) is 0. The number of nitriles is 1. The molecular formula is C21H25ClN6O2. The highest BCUT2D eigenvalue weighted by Crippen LogP contribution is 2.37. The third-order valence-corrected chi connectivity index (χ3v) is 5.67. The normalized spacial score (nSPS) is 21.1. The van der Waals surface area contributed by atoms with Crippen LogP contribution in [0, 0.1) is 16.7 Å². The van der Waals surface area contributed by atoms with Crippen LogP contribution in [0.4, 0.5) is 23.0 Å². The molecule has 1 N–H and O–H groups in total. The molecule has 4 rings (SSSR count). The topological polar surface area (TPSA) is 94.4 Å². The summed E-state index contributed by atoms with van der Waals surface area (Å²) < 4.78 is 5.38. The molecule has 2 fully saturated rings. The van der Waals surface area contributed by atoms with Gasteiger partial charge in [0.15, 0.2) is 0 Å². The van der Waals surface area contributed by atoms with Gasteiger partial charge in [-0.05, 0) is 31.0 Å². The summed E-state index contributed by atoms with van der Waals surface area (Å²) in [4.78, 5) is 25.5. The SMILES string of the molecule is CCC1(C#N)CCN(c2ccnc(Nc3ccc(N4CCOCC4)cn3)c2)C1=O.Cl. The third-order valence-electron chi connectivity index (χ3n) is 5.67. The molecule has 0 saturated carbocycles. The van der Waals surface area contributed by atoms with Crippen LogP contribution in [0.2, 0.25) is 0 Å². The Bertz CT molecular complexity index is 926. The Balaban J connectivity index is 0.00000256. The van der Waals surface area contributed by atoms with E-state index in [1.54, 1.807) is 17.2 Å². The van der Waals surface area contributed by atoms with Crippen LogP contribution in [0.25, 0.3) is 0 Å². The van der Waals surface area contributed by atoms with Crippen molar-refractivity contribution in [3.63, 3.8) is 0 Å². The van der Waals surface area contributed by atoms with Crippen LogP contribution in [0.1, 0.15) is 19.8 Å². The number of hydrogen-bond donors (Lipinski definition) is 1. The Morgan fingerprint density at radius 2 is 1.97 bits per heavy atom. The number of hydrogen-bond acceptors (Lipinski definition) is 7. The number of nitrogens with one attached hydrogen (secondary N) is 1. The first-order valence-electron chi connectivity index (χ1n) is 9.90. The summed E-state index contributed by atoms with van der Waals surface area (Å²) in [6.07, 6.45) is 4.57. The van der Waals surface area contributed by atoms with Crippen LogP contribution in [0.5, 0.6) is 0 Å². The maximum absolute atomic E-state index is 12.8. The predicted molar refractivity (Wildman–Crippen MR) is 117 cm³/mol. The predicted octanol–water partition coefficient (Wildman–Crippen LogP) is 3.14. The van der Waals surface area contributed by atoms with Gasteiger partial charge in [0.25, 0.3) is 0 Å². The minimum atomic E-state index is -0.909. The summed E-state index contributed by atoms with van der Waals surface area (Å²) in [6.45, 7) is 5.62. The fourth-order valence-corrected chi connectivity index (χ4v) is 3.78. The molecule has 8 nitrogen and oxygen atoms in total. The fourth-order valence-electron chi connectivity index (χ4n) is 3.78. The average Bonchev–Trinajstić information content (AvgIpc) is 3.12. The second-order valence-corrected chi connectivity index (χ2v) is 7.28. The number of halogens is 1. The Labute approximate surface area is 182 Å². The number of pyridine rings is 2. The van der Waals surface area contributed by atoms with Crippen molar-refractivity contribution in [2.24, 2.45) is 5.41 Å². The van der Waals surface area contributed by atoms with Crippen molar-refractivity contribution in [1.82, 2.24) is 9.97 Å². The molecular weight excluding hydrogens is 404 g/mol. The molecule has 0 bridgehead atoms.